The van der Waals surface area contributed by atoms with Crippen molar-refractivity contribution in [3.05, 3.63) is 48.2 Å². The van der Waals surface area contributed by atoms with Crippen molar-refractivity contribution in [1.82, 2.24) is 15.0 Å². The molecule has 1 fully saturated rings. The Hall–Kier alpha value is -2.12. The van der Waals surface area contributed by atoms with Crippen molar-refractivity contribution in [2.45, 2.75) is 0 Å². The number of sulfone groups is 1. The summed E-state index contributed by atoms with van der Waals surface area (Å²) in [6, 6.07) is 13.4. The van der Waals surface area contributed by atoms with Crippen LogP contribution in [0.5, 0.6) is 0 Å². The summed E-state index contributed by atoms with van der Waals surface area (Å²) >= 11 is 0. The Bertz CT molecular complexity index is 785. The first-order chi connectivity index (χ1) is 11.0. The Morgan fingerprint density at radius 2 is 1.74 bits per heavy atom. The van der Waals surface area contributed by atoms with Crippen LogP contribution in [0.1, 0.15) is 10.5 Å². The number of hydrazine groups is 1. The van der Waals surface area contributed by atoms with E-state index < -0.39 is 9.84 Å². The molecule has 3 rings (SSSR count). The number of carbonyl (C=O) groups excluding carboxylic acids is 1. The molecule has 23 heavy (non-hydrogen) atoms. The fourth-order valence-electron chi connectivity index (χ4n) is 2.61. The summed E-state index contributed by atoms with van der Waals surface area (Å²) in [7, 11) is -1.29. The molecule has 1 aromatic carbocycles. The Morgan fingerprint density at radius 1 is 1.09 bits per heavy atom. The number of amides is 1. The van der Waals surface area contributed by atoms with Gasteiger partial charge in [-0.2, -0.15) is 0 Å². The first-order valence-electron chi connectivity index (χ1n) is 7.44. The van der Waals surface area contributed by atoms with E-state index in [-0.39, 0.29) is 17.4 Å². The molecule has 1 aliphatic rings. The largest absolute Gasteiger partial charge is 0.350 e. The Kier molecular flexibility index (Phi) is 4.23. The summed E-state index contributed by atoms with van der Waals surface area (Å²) in [6.07, 6.45) is 0. The summed E-state index contributed by atoms with van der Waals surface area (Å²) < 4.78 is 23.0. The van der Waals surface area contributed by atoms with Crippen molar-refractivity contribution in [1.29, 1.82) is 0 Å². The molecule has 0 bridgehead atoms. The summed E-state index contributed by atoms with van der Waals surface area (Å²) in [6.45, 7) is 0.688. The van der Waals surface area contributed by atoms with Crippen LogP contribution < -0.4 is 0 Å². The van der Waals surface area contributed by atoms with Gasteiger partial charge in [0.05, 0.1) is 11.5 Å². The number of benzene rings is 1. The van der Waals surface area contributed by atoms with Crippen molar-refractivity contribution < 1.29 is 13.2 Å². The number of nitrogens with one attached hydrogen (secondary N) is 1. The number of hydrogen-bond donors (Lipinski definition) is 1. The number of rotatable bonds is 3. The molecular weight excluding hydrogens is 314 g/mol. The first-order valence-corrected chi connectivity index (χ1v) is 9.26. The van der Waals surface area contributed by atoms with Crippen LogP contribution in [0.4, 0.5) is 0 Å². The molecule has 7 heteroatoms. The summed E-state index contributed by atoms with van der Waals surface area (Å²) in [5, 5.41) is 3.27. The first kappa shape index (κ1) is 15.8. The van der Waals surface area contributed by atoms with Gasteiger partial charge in [0, 0.05) is 25.8 Å². The van der Waals surface area contributed by atoms with Gasteiger partial charge in [-0.05, 0) is 17.7 Å². The minimum atomic E-state index is -2.96. The van der Waals surface area contributed by atoms with E-state index in [9.17, 15) is 13.2 Å². The molecule has 0 unspecified atom stereocenters. The number of hydrogen-bond acceptors (Lipinski definition) is 4. The Morgan fingerprint density at radius 3 is 2.39 bits per heavy atom. The molecule has 0 saturated carbocycles. The van der Waals surface area contributed by atoms with Gasteiger partial charge < -0.3 is 4.98 Å². The van der Waals surface area contributed by atoms with Gasteiger partial charge >= 0.3 is 0 Å². The molecule has 1 N–H and O–H groups in total. The highest BCUT2D eigenvalue weighted by molar-refractivity contribution is 7.91. The van der Waals surface area contributed by atoms with E-state index in [2.05, 4.69) is 4.98 Å². The molecule has 2 aromatic rings. The van der Waals surface area contributed by atoms with Crippen molar-refractivity contribution in [2.75, 3.05) is 31.6 Å². The fourth-order valence-corrected chi connectivity index (χ4v) is 3.79. The minimum Gasteiger partial charge on any atom is -0.350 e. The van der Waals surface area contributed by atoms with Crippen LogP contribution in [0.15, 0.2) is 42.5 Å². The van der Waals surface area contributed by atoms with Gasteiger partial charge in [-0.15, -0.1) is 0 Å². The number of H-pyrrole nitrogens is 1. The van der Waals surface area contributed by atoms with Gasteiger partial charge in [-0.3, -0.25) is 9.80 Å². The van der Waals surface area contributed by atoms with Gasteiger partial charge in [0.2, 0.25) is 0 Å². The van der Waals surface area contributed by atoms with E-state index in [0.717, 1.165) is 11.3 Å². The second-order valence-electron chi connectivity index (χ2n) is 5.59. The lowest BCUT2D eigenvalue weighted by Crippen LogP contribution is -2.51. The zero-order chi connectivity index (χ0) is 16.4. The van der Waals surface area contributed by atoms with Crippen LogP contribution in [0.25, 0.3) is 11.3 Å². The molecule has 0 radical (unpaired) electrons. The third-order valence-corrected chi connectivity index (χ3v) is 5.65. The average Bonchev–Trinajstić information content (AvgIpc) is 3.04. The molecule has 2 heterocycles. The Balaban J connectivity index is 1.72. The van der Waals surface area contributed by atoms with Crippen LogP contribution >= 0.6 is 0 Å². The second kappa shape index (κ2) is 6.17. The van der Waals surface area contributed by atoms with Crippen molar-refractivity contribution >= 4 is 15.7 Å². The normalized spacial score (nSPS) is 17.8. The predicted molar refractivity (Wildman–Crippen MR) is 88.5 cm³/mol. The topological polar surface area (TPSA) is 73.5 Å². The maximum Gasteiger partial charge on any atom is 0.284 e. The standard InChI is InChI=1S/C16H19N3O3S/c1-18(19-9-11-23(21,22)12-10-19)16(20)15-8-7-14(17-15)13-5-3-2-4-6-13/h2-8,17H,9-12H2,1H3. The SMILES string of the molecule is CN(C(=O)c1ccc(-c2ccccc2)[nH]1)N1CCS(=O)(=O)CC1. The molecule has 1 aromatic heterocycles. The van der Waals surface area contributed by atoms with Crippen LogP contribution in [-0.4, -0.2) is 61.0 Å². The molecular formula is C16H19N3O3S. The molecule has 1 saturated heterocycles. The number of aromatic amines is 1. The lowest BCUT2D eigenvalue weighted by molar-refractivity contribution is 0.0103. The summed E-state index contributed by atoms with van der Waals surface area (Å²) in [5.74, 6) is 0.00126. The van der Waals surface area contributed by atoms with Gasteiger partial charge in [0.25, 0.3) is 5.91 Å². The lowest BCUT2D eigenvalue weighted by atomic mass is 10.2. The molecule has 6 nitrogen and oxygen atoms in total. The molecule has 122 valence electrons. The third kappa shape index (κ3) is 3.46. The minimum absolute atomic E-state index is 0.0879. The van der Waals surface area contributed by atoms with Gasteiger partial charge in [-0.25, -0.2) is 13.4 Å². The zero-order valence-corrected chi connectivity index (χ0v) is 13.7. The number of carbonyl (C=O) groups is 1. The van der Waals surface area contributed by atoms with Gasteiger partial charge in [0.1, 0.15) is 5.69 Å². The number of nitrogens with zero attached hydrogens (tertiary/aromatic N) is 2. The highest BCUT2D eigenvalue weighted by atomic mass is 32.2. The summed E-state index contributed by atoms with van der Waals surface area (Å²) in [4.78, 5) is 15.7. The highest BCUT2D eigenvalue weighted by Gasteiger charge is 2.27. The van der Waals surface area contributed by atoms with Gasteiger partial charge in [0.15, 0.2) is 9.84 Å². The molecule has 0 aliphatic carbocycles. The van der Waals surface area contributed by atoms with E-state index in [1.54, 1.807) is 18.1 Å². The maximum atomic E-state index is 12.6. The smallest absolute Gasteiger partial charge is 0.284 e. The maximum absolute atomic E-state index is 12.6. The van der Waals surface area contributed by atoms with Gasteiger partial charge in [-0.1, -0.05) is 30.3 Å². The quantitative estimate of drug-likeness (QED) is 0.921. The highest BCUT2D eigenvalue weighted by Crippen LogP contribution is 2.19. The van der Waals surface area contributed by atoms with E-state index in [1.165, 1.54) is 5.01 Å². The van der Waals surface area contributed by atoms with Crippen LogP contribution in [0.3, 0.4) is 0 Å². The van der Waals surface area contributed by atoms with Crippen molar-refractivity contribution in [2.24, 2.45) is 0 Å². The fraction of sp³-hybridized carbons (Fsp3) is 0.312. The van der Waals surface area contributed by atoms with Crippen LogP contribution in [0.2, 0.25) is 0 Å². The second-order valence-corrected chi connectivity index (χ2v) is 7.89. The molecule has 1 aliphatic heterocycles. The number of aromatic nitrogens is 1. The van der Waals surface area contributed by atoms with Crippen molar-refractivity contribution in [3.8, 4) is 11.3 Å². The van der Waals surface area contributed by atoms with E-state index >= 15 is 0 Å². The summed E-state index contributed by atoms with van der Waals surface area (Å²) in [5.41, 5.74) is 2.38. The molecule has 1 amide bonds. The zero-order valence-electron chi connectivity index (χ0n) is 12.9. The molecule has 0 atom stereocenters. The predicted octanol–water partition coefficient (Wildman–Crippen LogP) is 1.40. The average molecular weight is 333 g/mol. The van der Waals surface area contributed by atoms with Crippen LogP contribution in [-0.2, 0) is 9.84 Å². The monoisotopic (exact) mass is 333 g/mol. The Labute approximate surface area is 135 Å². The van der Waals surface area contributed by atoms with E-state index in [0.29, 0.717) is 18.8 Å². The third-order valence-electron chi connectivity index (χ3n) is 4.04. The van der Waals surface area contributed by atoms with E-state index in [1.807, 2.05) is 36.4 Å². The molecule has 0 spiro atoms. The van der Waals surface area contributed by atoms with Crippen molar-refractivity contribution in [3.63, 3.8) is 0 Å². The lowest BCUT2D eigenvalue weighted by Gasteiger charge is -2.34. The van der Waals surface area contributed by atoms with Crippen LogP contribution in [0, 0.1) is 0 Å². The van der Waals surface area contributed by atoms with E-state index in [4.69, 9.17) is 0 Å².